The van der Waals surface area contributed by atoms with Gasteiger partial charge in [0.15, 0.2) is 0 Å². The van der Waals surface area contributed by atoms with Gasteiger partial charge in [-0.05, 0) is 55.7 Å². The number of esters is 1. The Morgan fingerprint density at radius 3 is 2.74 bits per heavy atom. The number of alkyl halides is 1. The molecule has 3 rings (SSSR count). The van der Waals surface area contributed by atoms with Gasteiger partial charge >= 0.3 is 5.97 Å². The lowest BCUT2D eigenvalue weighted by atomic mass is 9.69. The van der Waals surface area contributed by atoms with Gasteiger partial charge in [0.1, 0.15) is 18.1 Å². The van der Waals surface area contributed by atoms with Crippen molar-refractivity contribution in [1.82, 2.24) is 0 Å². The summed E-state index contributed by atoms with van der Waals surface area (Å²) in [5.74, 6) is -0.253. The fraction of sp³-hybridized carbons (Fsp3) is 0.621. The number of fused-ring (bicyclic) bond motifs is 2. The lowest BCUT2D eigenvalue weighted by molar-refractivity contribution is -0.140. The Balaban J connectivity index is 1.72. The molecule has 1 saturated carbocycles. The summed E-state index contributed by atoms with van der Waals surface area (Å²) in [6.45, 7) is 2.64. The van der Waals surface area contributed by atoms with Crippen molar-refractivity contribution in [3.63, 3.8) is 0 Å². The number of rotatable bonds is 14. The number of benzene rings is 1. The maximum Gasteiger partial charge on any atom is 0.305 e. The quantitative estimate of drug-likeness (QED) is 0.191. The van der Waals surface area contributed by atoms with Gasteiger partial charge in [0.05, 0.1) is 19.8 Å². The molecule has 1 heterocycles. The SMILES string of the molecule is CCCCCC(F)[C@H](O)/C=C/[C@@H]1[C@@H]2C[C@@](c3ccc(F)cc3)(CO2)[C@H]1C/C=C\CCCC(=O)OC. The van der Waals surface area contributed by atoms with Crippen molar-refractivity contribution in [2.75, 3.05) is 13.7 Å². The summed E-state index contributed by atoms with van der Waals surface area (Å²) in [6.07, 6.45) is 12.0. The number of carbonyl (C=O) groups is 1. The van der Waals surface area contributed by atoms with Crippen LogP contribution in [-0.4, -0.2) is 43.2 Å². The summed E-state index contributed by atoms with van der Waals surface area (Å²) in [6, 6.07) is 6.68. The van der Waals surface area contributed by atoms with E-state index in [2.05, 4.69) is 23.8 Å². The van der Waals surface area contributed by atoms with E-state index >= 15 is 0 Å². The monoisotopic (exact) mass is 490 g/mol. The van der Waals surface area contributed by atoms with Gasteiger partial charge in [-0.25, -0.2) is 8.78 Å². The van der Waals surface area contributed by atoms with E-state index in [4.69, 9.17) is 4.74 Å². The lowest BCUT2D eigenvalue weighted by Gasteiger charge is -2.38. The number of aliphatic hydroxyl groups is 1. The van der Waals surface area contributed by atoms with Gasteiger partial charge in [0.2, 0.25) is 0 Å². The minimum Gasteiger partial charge on any atom is -0.469 e. The second-order valence-corrected chi connectivity index (χ2v) is 9.96. The molecule has 1 aromatic carbocycles. The Morgan fingerprint density at radius 1 is 1.26 bits per heavy atom. The molecule has 0 amide bonds. The number of hydrogen-bond acceptors (Lipinski definition) is 4. The Hall–Kier alpha value is -2.05. The molecule has 1 aromatic rings. The summed E-state index contributed by atoms with van der Waals surface area (Å²) < 4.78 is 38.9. The number of carbonyl (C=O) groups excluding carboxylic acids is 1. The molecular weight excluding hydrogens is 450 g/mol. The van der Waals surface area contributed by atoms with E-state index in [1.54, 1.807) is 6.08 Å². The molecule has 6 heteroatoms. The van der Waals surface area contributed by atoms with Crippen LogP contribution in [-0.2, 0) is 19.7 Å². The first kappa shape index (κ1) is 27.5. The highest BCUT2D eigenvalue weighted by Crippen LogP contribution is 2.57. The number of halogens is 2. The first-order valence-electron chi connectivity index (χ1n) is 13.0. The van der Waals surface area contributed by atoms with Crippen molar-refractivity contribution in [2.24, 2.45) is 11.8 Å². The zero-order valence-corrected chi connectivity index (χ0v) is 21.0. The minimum atomic E-state index is -1.27. The van der Waals surface area contributed by atoms with E-state index in [0.717, 1.165) is 50.5 Å². The Bertz CT molecular complexity index is 853. The summed E-state index contributed by atoms with van der Waals surface area (Å²) in [4.78, 5) is 11.3. The summed E-state index contributed by atoms with van der Waals surface area (Å²) in [7, 11) is 1.39. The average molecular weight is 491 g/mol. The van der Waals surface area contributed by atoms with E-state index in [-0.39, 0.29) is 35.1 Å². The van der Waals surface area contributed by atoms with Crippen LogP contribution in [0.3, 0.4) is 0 Å². The summed E-state index contributed by atoms with van der Waals surface area (Å²) in [5, 5.41) is 10.4. The molecule has 194 valence electrons. The number of ether oxygens (including phenoxy) is 2. The molecule has 1 saturated heterocycles. The van der Waals surface area contributed by atoms with Gasteiger partial charge in [-0.2, -0.15) is 0 Å². The zero-order valence-electron chi connectivity index (χ0n) is 21.0. The molecule has 2 fully saturated rings. The maximum atomic E-state index is 14.4. The number of allylic oxidation sites excluding steroid dienone is 2. The number of unbranched alkanes of at least 4 members (excludes halogenated alkanes) is 3. The van der Waals surface area contributed by atoms with Crippen molar-refractivity contribution in [3.8, 4) is 0 Å². The molecule has 1 N–H and O–H groups in total. The van der Waals surface area contributed by atoms with E-state index in [0.29, 0.717) is 19.4 Å². The third kappa shape index (κ3) is 7.01. The highest BCUT2D eigenvalue weighted by atomic mass is 19.1. The first-order chi connectivity index (χ1) is 16.9. The molecule has 6 atom stereocenters. The second kappa shape index (κ2) is 13.3. The molecule has 0 spiro atoms. The molecular formula is C29H40F2O4. The van der Waals surface area contributed by atoms with Gasteiger partial charge < -0.3 is 14.6 Å². The smallest absolute Gasteiger partial charge is 0.305 e. The molecule has 2 aliphatic rings. The van der Waals surface area contributed by atoms with Crippen molar-refractivity contribution in [2.45, 2.75) is 88.5 Å². The molecule has 35 heavy (non-hydrogen) atoms. The van der Waals surface area contributed by atoms with Crippen molar-refractivity contribution < 1.29 is 28.2 Å². The van der Waals surface area contributed by atoms with E-state index in [1.165, 1.54) is 19.2 Å². The zero-order chi connectivity index (χ0) is 25.3. The van der Waals surface area contributed by atoms with Crippen LogP contribution in [0.25, 0.3) is 0 Å². The van der Waals surface area contributed by atoms with E-state index in [1.807, 2.05) is 18.2 Å². The number of methoxy groups -OCH3 is 1. The van der Waals surface area contributed by atoms with Gasteiger partial charge in [-0.15, -0.1) is 0 Å². The lowest BCUT2D eigenvalue weighted by Crippen LogP contribution is -2.39. The normalized spacial score (nSPS) is 27.6. The highest BCUT2D eigenvalue weighted by Gasteiger charge is 2.58. The van der Waals surface area contributed by atoms with E-state index < -0.39 is 12.3 Å². The predicted octanol–water partition coefficient (Wildman–Crippen LogP) is 6.22. The van der Waals surface area contributed by atoms with E-state index in [9.17, 15) is 18.7 Å². The Kier molecular flexibility index (Phi) is 10.5. The third-order valence-corrected chi connectivity index (χ3v) is 7.66. The van der Waals surface area contributed by atoms with Gasteiger partial charge in [-0.3, -0.25) is 4.79 Å². The van der Waals surface area contributed by atoms with Crippen LogP contribution < -0.4 is 0 Å². The van der Waals surface area contributed by atoms with Gasteiger partial charge in [0.25, 0.3) is 0 Å². The minimum absolute atomic E-state index is 0.0145. The first-order valence-corrected chi connectivity index (χ1v) is 13.0. The van der Waals surface area contributed by atoms with Crippen molar-refractivity contribution >= 4 is 5.97 Å². The van der Waals surface area contributed by atoms with Crippen molar-refractivity contribution in [3.05, 3.63) is 60.0 Å². The molecule has 2 bridgehead atoms. The molecule has 0 aromatic heterocycles. The fourth-order valence-corrected chi connectivity index (χ4v) is 5.65. The number of aliphatic hydroxyl groups excluding tert-OH is 1. The highest BCUT2D eigenvalue weighted by molar-refractivity contribution is 5.69. The fourth-order valence-electron chi connectivity index (χ4n) is 5.65. The topological polar surface area (TPSA) is 55.8 Å². The Morgan fingerprint density at radius 2 is 2.03 bits per heavy atom. The molecule has 0 radical (unpaired) electrons. The van der Waals surface area contributed by atoms with Crippen LogP contribution in [0.5, 0.6) is 0 Å². The van der Waals surface area contributed by atoms with Crippen LogP contribution in [0.4, 0.5) is 8.78 Å². The van der Waals surface area contributed by atoms with Gasteiger partial charge in [0, 0.05) is 17.8 Å². The van der Waals surface area contributed by atoms with Crippen LogP contribution in [0.2, 0.25) is 0 Å². The van der Waals surface area contributed by atoms with Crippen LogP contribution in [0.15, 0.2) is 48.6 Å². The molecule has 1 aliphatic carbocycles. The van der Waals surface area contributed by atoms with Crippen LogP contribution in [0.1, 0.15) is 70.3 Å². The van der Waals surface area contributed by atoms with Gasteiger partial charge in [-0.1, -0.05) is 62.6 Å². The molecule has 1 unspecified atom stereocenters. The van der Waals surface area contributed by atoms with Crippen molar-refractivity contribution in [1.29, 1.82) is 0 Å². The predicted molar refractivity (Wildman–Crippen MR) is 133 cm³/mol. The molecule has 4 nitrogen and oxygen atoms in total. The largest absolute Gasteiger partial charge is 0.469 e. The summed E-state index contributed by atoms with van der Waals surface area (Å²) >= 11 is 0. The standard InChI is InChI=1S/C29H40F2O4/c1-3-4-7-11-25(31)26(32)18-17-23-24(10-8-5-6-9-12-28(33)34-2)29(19-27(23)35-20-29)21-13-15-22(30)16-14-21/h5,8,13-18,23-27,32H,3-4,6-7,9-12,19-20H2,1-2H3/b8-5-,18-17+/t23-,24-,25?,26+,27-,29-/m0/s1. The van der Waals surface area contributed by atoms with Crippen LogP contribution >= 0.6 is 0 Å². The average Bonchev–Trinajstić information content (AvgIpc) is 3.43. The third-order valence-electron chi connectivity index (χ3n) is 7.66. The van der Waals surface area contributed by atoms with Crippen LogP contribution in [0, 0.1) is 17.7 Å². The maximum absolute atomic E-state index is 14.4. The number of hydrogen-bond donors (Lipinski definition) is 1. The molecule has 1 aliphatic heterocycles. The second-order valence-electron chi connectivity index (χ2n) is 9.96. The summed E-state index contributed by atoms with van der Waals surface area (Å²) in [5.41, 5.74) is 0.815. The Labute approximate surface area is 208 Å².